The van der Waals surface area contributed by atoms with E-state index in [0.29, 0.717) is 51.4 Å². The minimum absolute atomic E-state index is 0.00458. The van der Waals surface area contributed by atoms with Crippen molar-refractivity contribution in [2.24, 2.45) is 7.05 Å². The van der Waals surface area contributed by atoms with E-state index in [2.05, 4.69) is 56.1 Å². The van der Waals surface area contributed by atoms with Gasteiger partial charge in [0.25, 0.3) is 17.7 Å². The van der Waals surface area contributed by atoms with Crippen LogP contribution in [0.2, 0.25) is 25.1 Å². The van der Waals surface area contributed by atoms with Crippen LogP contribution in [0.15, 0.2) is 91.0 Å². The van der Waals surface area contributed by atoms with Gasteiger partial charge in [0.1, 0.15) is 0 Å². The molecular weight excluding hydrogens is 1220 g/mol. The third-order valence-electron chi connectivity index (χ3n) is 19.8. The Morgan fingerprint density at radius 1 is 0.438 bits per heavy atom. The van der Waals surface area contributed by atoms with E-state index < -0.39 is 0 Å². The third-order valence-corrected chi connectivity index (χ3v) is 21.2. The zero-order valence-electron chi connectivity index (χ0n) is 51.3. The number of carbonyl (C=O) groups is 3. The van der Waals surface area contributed by atoms with Gasteiger partial charge in [0.2, 0.25) is 0 Å². The molecule has 4 aromatic carbocycles. The van der Waals surface area contributed by atoms with Crippen molar-refractivity contribution in [3.05, 3.63) is 184 Å². The molecule has 0 saturated heterocycles. The zero-order valence-corrected chi connectivity index (χ0v) is 55.1. The molecule has 0 spiro atoms. The summed E-state index contributed by atoms with van der Waals surface area (Å²) in [5.41, 5.74) is 13.4. The van der Waals surface area contributed by atoms with Crippen molar-refractivity contribution >= 4 is 75.7 Å². The Balaban J connectivity index is 0.000000130. The lowest BCUT2D eigenvalue weighted by Gasteiger charge is -2.27. The highest BCUT2D eigenvalue weighted by atomic mass is 35.5. The van der Waals surface area contributed by atoms with Crippen LogP contribution in [0.5, 0.6) is 0 Å². The number of hydrogen-bond acceptors (Lipinski definition) is 6. The fourth-order valence-corrected chi connectivity index (χ4v) is 15.5. The summed E-state index contributed by atoms with van der Waals surface area (Å²) >= 11 is 31.4. The number of benzene rings is 4. The summed E-state index contributed by atoms with van der Waals surface area (Å²) in [6, 6.07) is 31.2. The molecule has 3 unspecified atom stereocenters. The SMILES string of the molecule is Cn1nc(C(=O)NC2CCC2)c2c1C(Cc1ccccc1Cl)CCCC2.O=C(NC1CC1)c1nn(-c2ccc(Cl)cc2Cl)c2c1CCCCC2Cc1ccc(Cl)cc1.O=C(NC1CCC1)c1nn(C2CCCCC2)c2c1CCCCC2Cc1ccc(Cl)cc1. The molecule has 4 saturated carbocycles. The molecule has 3 N–H and O–H groups in total. The summed E-state index contributed by atoms with van der Waals surface area (Å²) in [6.45, 7) is 0. The molecule has 0 radical (unpaired) electrons. The molecule has 3 aromatic heterocycles. The maximum atomic E-state index is 13.2. The van der Waals surface area contributed by atoms with Gasteiger partial charge in [0.15, 0.2) is 17.1 Å². The van der Waals surface area contributed by atoms with Crippen molar-refractivity contribution < 1.29 is 14.4 Å². The summed E-state index contributed by atoms with van der Waals surface area (Å²) in [5.74, 6) is 0.969. The molecule has 12 nitrogen and oxygen atoms in total. The van der Waals surface area contributed by atoms with Crippen LogP contribution in [0.3, 0.4) is 0 Å². The average Bonchev–Trinajstić information content (AvgIpc) is 1.74. The van der Waals surface area contributed by atoms with Gasteiger partial charge in [-0.3, -0.25) is 23.7 Å². The monoisotopic (exact) mass is 1300 g/mol. The molecule has 3 atom stereocenters. The van der Waals surface area contributed by atoms with Crippen LogP contribution >= 0.6 is 58.0 Å². The van der Waals surface area contributed by atoms with E-state index >= 15 is 0 Å². The second-order valence-electron chi connectivity index (χ2n) is 26.2. The Kier molecular flexibility index (Phi) is 20.9. The van der Waals surface area contributed by atoms with Crippen LogP contribution in [-0.4, -0.2) is 65.2 Å². The number of carbonyl (C=O) groups excluding carboxylic acids is 3. The largest absolute Gasteiger partial charge is 0.348 e. The molecule has 7 aliphatic rings. The Labute approximate surface area is 549 Å². The number of nitrogens with one attached hydrogen (secondary N) is 3. The molecule has 0 aliphatic heterocycles. The molecule has 89 heavy (non-hydrogen) atoms. The molecule has 7 aromatic rings. The molecule has 0 bridgehead atoms. The van der Waals surface area contributed by atoms with Gasteiger partial charge in [-0.05, 0) is 206 Å². The minimum atomic E-state index is -0.0836. The van der Waals surface area contributed by atoms with Gasteiger partial charge in [-0.2, -0.15) is 15.3 Å². The number of aryl methyl sites for hydroxylation is 1. The lowest BCUT2D eigenvalue weighted by atomic mass is 9.89. The first-order chi connectivity index (χ1) is 43.3. The summed E-state index contributed by atoms with van der Waals surface area (Å²) in [4.78, 5) is 39.1. The van der Waals surface area contributed by atoms with Gasteiger partial charge >= 0.3 is 0 Å². The maximum absolute atomic E-state index is 13.2. The summed E-state index contributed by atoms with van der Waals surface area (Å²) < 4.78 is 6.15. The molecule has 4 fully saturated rings. The first-order valence-corrected chi connectivity index (χ1v) is 35.1. The lowest BCUT2D eigenvalue weighted by Crippen LogP contribution is -2.40. The third kappa shape index (κ3) is 15.3. The molecule has 14 rings (SSSR count). The van der Waals surface area contributed by atoms with E-state index in [4.69, 9.17) is 68.2 Å². The van der Waals surface area contributed by atoms with Gasteiger partial charge in [-0.1, -0.05) is 139 Å². The first kappa shape index (κ1) is 63.5. The standard InChI is InChI=1S/C26H34ClN3O.C25H24Cl3N3O.C21H26ClN3O/c27-20-15-13-18(14-16-20)17-19-7-4-5-12-23-24(26(31)28-21-8-6-9-21)29-30(25(19)23)22-10-2-1-3-11-22;26-17-7-5-15(6-8-17)13-16-3-1-2-4-20-23(25(32)29-19-10-11-19)30-31(24(16)20)22-12-9-18(27)14-21(22)28;1-25-20-15(13-14-7-3-5-12-18(14)22)8-2-4-11-17(20)19(24-25)21(26)23-16-9-6-10-16/h13-16,19,21-22H,1-12,17H2,(H,28,31);5-9,12,14,16,19H,1-4,10-11,13H2,(H,29,32);3,5,7,12,15-16H,2,4,6,8-11,13H2,1H3,(H,23,26). The predicted molar refractivity (Wildman–Crippen MR) is 358 cm³/mol. The second-order valence-corrected chi connectivity index (χ2v) is 28.4. The van der Waals surface area contributed by atoms with Crippen LogP contribution in [0, 0.1) is 0 Å². The molecule has 470 valence electrons. The highest BCUT2D eigenvalue weighted by Gasteiger charge is 2.37. The first-order valence-electron chi connectivity index (χ1n) is 33.2. The van der Waals surface area contributed by atoms with Crippen molar-refractivity contribution in [3.63, 3.8) is 0 Å². The number of hydrogen-bond donors (Lipinski definition) is 3. The Bertz CT molecular complexity index is 3610. The Morgan fingerprint density at radius 2 is 0.899 bits per heavy atom. The van der Waals surface area contributed by atoms with Crippen molar-refractivity contribution in [3.8, 4) is 5.69 Å². The van der Waals surface area contributed by atoms with E-state index in [-0.39, 0.29) is 29.7 Å². The molecule has 7 aliphatic carbocycles. The van der Waals surface area contributed by atoms with Crippen LogP contribution in [0.4, 0.5) is 0 Å². The van der Waals surface area contributed by atoms with Gasteiger partial charge in [-0.15, -0.1) is 0 Å². The predicted octanol–water partition coefficient (Wildman–Crippen LogP) is 17.6. The van der Waals surface area contributed by atoms with E-state index in [1.165, 1.54) is 91.4 Å². The number of halogens is 5. The smallest absolute Gasteiger partial charge is 0.272 e. The van der Waals surface area contributed by atoms with Crippen LogP contribution in [0.1, 0.15) is 247 Å². The van der Waals surface area contributed by atoms with E-state index in [1.54, 1.807) is 6.07 Å². The van der Waals surface area contributed by atoms with Gasteiger partial charge in [0, 0.05) is 91.1 Å². The Morgan fingerprint density at radius 3 is 1.42 bits per heavy atom. The van der Waals surface area contributed by atoms with E-state index in [9.17, 15) is 14.4 Å². The highest BCUT2D eigenvalue weighted by molar-refractivity contribution is 6.35. The lowest BCUT2D eigenvalue weighted by molar-refractivity contribution is 0.0901. The van der Waals surface area contributed by atoms with Crippen molar-refractivity contribution in [2.45, 2.75) is 222 Å². The van der Waals surface area contributed by atoms with Crippen molar-refractivity contribution in [1.29, 1.82) is 0 Å². The fraction of sp³-hybridized carbons (Fsp3) is 0.500. The van der Waals surface area contributed by atoms with Gasteiger partial charge < -0.3 is 16.0 Å². The minimum Gasteiger partial charge on any atom is -0.348 e. The topological polar surface area (TPSA) is 141 Å². The molecule has 17 heteroatoms. The van der Waals surface area contributed by atoms with E-state index in [1.807, 2.05) is 71.0 Å². The van der Waals surface area contributed by atoms with Gasteiger partial charge in [-0.25, -0.2) is 4.68 Å². The zero-order chi connectivity index (χ0) is 61.5. The van der Waals surface area contributed by atoms with Crippen molar-refractivity contribution in [2.75, 3.05) is 0 Å². The molecule has 3 heterocycles. The normalized spacial score (nSPS) is 20.2. The number of nitrogens with zero attached hydrogens (tertiary/aromatic N) is 6. The maximum Gasteiger partial charge on any atom is 0.272 e. The summed E-state index contributed by atoms with van der Waals surface area (Å²) in [6.07, 6.45) is 30.7. The number of aromatic nitrogens is 6. The van der Waals surface area contributed by atoms with Crippen LogP contribution < -0.4 is 16.0 Å². The van der Waals surface area contributed by atoms with Crippen LogP contribution in [-0.2, 0) is 45.6 Å². The highest BCUT2D eigenvalue weighted by Crippen LogP contribution is 2.42. The summed E-state index contributed by atoms with van der Waals surface area (Å²) in [7, 11) is 1.98. The van der Waals surface area contributed by atoms with Crippen molar-refractivity contribution in [1.82, 2.24) is 45.3 Å². The Hall–Kier alpha value is -5.63. The molecular formula is C72H84Cl5N9O3. The number of rotatable bonds is 14. The van der Waals surface area contributed by atoms with Crippen LogP contribution in [0.25, 0.3) is 5.69 Å². The second kappa shape index (κ2) is 29.3. The van der Waals surface area contributed by atoms with Gasteiger partial charge in [0.05, 0.1) is 22.4 Å². The quantitative estimate of drug-likeness (QED) is 0.0926. The summed E-state index contributed by atoms with van der Waals surface area (Å²) in [5, 5.41) is 27.5. The fourth-order valence-electron chi connectivity index (χ4n) is 14.5. The average molecular weight is 1300 g/mol. The van der Waals surface area contributed by atoms with E-state index in [0.717, 1.165) is 165 Å². The molecule has 3 amide bonds. The number of amides is 3. The number of fused-ring (bicyclic) bond motifs is 3.